The molecule has 3 aromatic rings. The van der Waals surface area contributed by atoms with Gasteiger partial charge in [0.15, 0.2) is 28.6 Å². The summed E-state index contributed by atoms with van der Waals surface area (Å²) in [6, 6.07) is 2.83. The van der Waals surface area contributed by atoms with E-state index in [9.17, 15) is 15.0 Å². The van der Waals surface area contributed by atoms with Crippen LogP contribution in [0.4, 0.5) is 0 Å². The molecule has 30 heavy (non-hydrogen) atoms. The molecule has 4 rings (SSSR count). The Morgan fingerprint density at radius 1 is 0.867 bits per heavy atom. The van der Waals surface area contributed by atoms with Crippen LogP contribution in [0.2, 0.25) is 0 Å². The molecular weight excluding hydrogens is 400 g/mol. The second kappa shape index (κ2) is 7.14. The lowest BCUT2D eigenvalue weighted by atomic mass is 10.1. The average Bonchev–Trinajstić information content (AvgIpc) is 3.23. The zero-order chi connectivity index (χ0) is 21.6. The highest BCUT2D eigenvalue weighted by molar-refractivity contribution is 5.96. The van der Waals surface area contributed by atoms with Crippen molar-refractivity contribution >= 4 is 11.0 Å². The molecule has 0 bridgehead atoms. The highest BCUT2D eigenvalue weighted by Gasteiger charge is 2.32. The molecule has 0 spiro atoms. The molecular formula is C20H18O10. The molecule has 0 saturated carbocycles. The highest BCUT2D eigenvalue weighted by atomic mass is 16.7. The van der Waals surface area contributed by atoms with Gasteiger partial charge in [0, 0.05) is 5.56 Å². The van der Waals surface area contributed by atoms with Crippen molar-refractivity contribution in [3.05, 3.63) is 22.4 Å². The third kappa shape index (κ3) is 2.60. The zero-order valence-corrected chi connectivity index (χ0v) is 16.5. The predicted molar refractivity (Wildman–Crippen MR) is 104 cm³/mol. The van der Waals surface area contributed by atoms with Gasteiger partial charge in [-0.15, -0.1) is 0 Å². The summed E-state index contributed by atoms with van der Waals surface area (Å²) in [4.78, 5) is 13.2. The van der Waals surface area contributed by atoms with Crippen LogP contribution in [-0.2, 0) is 0 Å². The van der Waals surface area contributed by atoms with Crippen LogP contribution < -0.4 is 33.8 Å². The second-order valence-electron chi connectivity index (χ2n) is 6.18. The quantitative estimate of drug-likeness (QED) is 0.638. The van der Waals surface area contributed by atoms with Gasteiger partial charge in [-0.2, -0.15) is 0 Å². The smallest absolute Gasteiger partial charge is 0.239 e. The van der Waals surface area contributed by atoms with Crippen LogP contribution in [-0.4, -0.2) is 45.4 Å². The lowest BCUT2D eigenvalue weighted by Gasteiger charge is -2.15. The number of benzene rings is 2. The fourth-order valence-corrected chi connectivity index (χ4v) is 3.37. The number of aromatic hydroxyl groups is 2. The van der Waals surface area contributed by atoms with Crippen molar-refractivity contribution in [1.82, 2.24) is 0 Å². The molecule has 0 radical (unpaired) electrons. The second-order valence-corrected chi connectivity index (χ2v) is 6.18. The van der Waals surface area contributed by atoms with Crippen LogP contribution in [0.15, 0.2) is 21.3 Å². The van der Waals surface area contributed by atoms with Gasteiger partial charge in [-0.25, -0.2) is 0 Å². The van der Waals surface area contributed by atoms with Crippen LogP contribution in [0.5, 0.6) is 46.0 Å². The minimum Gasteiger partial charge on any atom is -0.504 e. The number of phenols is 2. The molecule has 2 aromatic carbocycles. The van der Waals surface area contributed by atoms with E-state index < -0.39 is 11.2 Å². The van der Waals surface area contributed by atoms with Crippen molar-refractivity contribution < 1.29 is 43.1 Å². The summed E-state index contributed by atoms with van der Waals surface area (Å²) in [6.07, 6.45) is 0. The molecule has 10 nitrogen and oxygen atoms in total. The normalized spacial score (nSPS) is 12.1. The summed E-state index contributed by atoms with van der Waals surface area (Å²) in [5, 5.41) is 20.7. The Morgan fingerprint density at radius 3 is 2.17 bits per heavy atom. The van der Waals surface area contributed by atoms with E-state index >= 15 is 0 Å². The molecule has 0 aliphatic carbocycles. The molecule has 2 heterocycles. The largest absolute Gasteiger partial charge is 0.504 e. The van der Waals surface area contributed by atoms with Gasteiger partial charge in [-0.1, -0.05) is 0 Å². The Kier molecular flexibility index (Phi) is 4.61. The lowest BCUT2D eigenvalue weighted by molar-refractivity contribution is 0.169. The molecule has 0 atom stereocenters. The van der Waals surface area contributed by atoms with E-state index in [1.165, 1.54) is 40.6 Å². The van der Waals surface area contributed by atoms with Crippen molar-refractivity contribution in [1.29, 1.82) is 0 Å². The number of hydrogen-bond acceptors (Lipinski definition) is 10. The van der Waals surface area contributed by atoms with E-state index in [0.29, 0.717) is 0 Å². The Hall–Kier alpha value is -3.95. The number of methoxy groups -OCH3 is 4. The van der Waals surface area contributed by atoms with E-state index in [1.54, 1.807) is 0 Å². The average molecular weight is 418 g/mol. The molecule has 1 aliphatic rings. The van der Waals surface area contributed by atoms with E-state index in [4.69, 9.17) is 32.8 Å². The highest BCUT2D eigenvalue weighted by Crippen LogP contribution is 2.53. The van der Waals surface area contributed by atoms with Gasteiger partial charge in [-0.05, 0) is 12.1 Å². The first-order valence-corrected chi connectivity index (χ1v) is 8.65. The van der Waals surface area contributed by atoms with Gasteiger partial charge in [0.25, 0.3) is 0 Å². The first-order valence-electron chi connectivity index (χ1n) is 8.65. The molecule has 0 saturated heterocycles. The van der Waals surface area contributed by atoms with E-state index in [-0.39, 0.29) is 69.3 Å². The lowest BCUT2D eigenvalue weighted by Crippen LogP contribution is -2.09. The first kappa shape index (κ1) is 19.4. The van der Waals surface area contributed by atoms with E-state index in [2.05, 4.69) is 0 Å². The minimum atomic E-state index is -0.669. The maximum absolute atomic E-state index is 13.2. The monoisotopic (exact) mass is 418 g/mol. The molecule has 10 heteroatoms. The third-order valence-electron chi connectivity index (χ3n) is 4.68. The summed E-state index contributed by atoms with van der Waals surface area (Å²) in [6.45, 7) is -0.155. The van der Waals surface area contributed by atoms with E-state index in [1.807, 2.05) is 0 Å². The molecule has 158 valence electrons. The molecule has 0 unspecified atom stereocenters. The van der Waals surface area contributed by atoms with Crippen molar-refractivity contribution in [2.75, 3.05) is 35.2 Å². The Balaban J connectivity index is 2.11. The van der Waals surface area contributed by atoms with Crippen molar-refractivity contribution in [3.63, 3.8) is 0 Å². The summed E-state index contributed by atoms with van der Waals surface area (Å²) in [7, 11) is 5.42. The Labute approximate surface area is 169 Å². The SMILES string of the molecule is COc1cc(-c2oc3c(OC)c4c(c(O)c3c(=O)c2OC)OCO4)cc(O)c1OC. The van der Waals surface area contributed by atoms with Gasteiger partial charge in [0.1, 0.15) is 5.39 Å². The van der Waals surface area contributed by atoms with Crippen LogP contribution in [0.25, 0.3) is 22.3 Å². The maximum atomic E-state index is 13.2. The molecule has 2 N–H and O–H groups in total. The first-order chi connectivity index (χ1) is 14.5. The minimum absolute atomic E-state index is 0.0229. The van der Waals surface area contributed by atoms with Crippen molar-refractivity contribution in [2.45, 2.75) is 0 Å². The Bertz CT molecular complexity index is 1210. The summed E-state index contributed by atoms with van der Waals surface area (Å²) in [5.74, 6) is -0.444. The Morgan fingerprint density at radius 2 is 1.53 bits per heavy atom. The van der Waals surface area contributed by atoms with Crippen LogP contribution >= 0.6 is 0 Å². The number of fused-ring (bicyclic) bond motifs is 2. The van der Waals surface area contributed by atoms with E-state index in [0.717, 1.165) is 0 Å². The molecule has 1 aliphatic heterocycles. The van der Waals surface area contributed by atoms with Gasteiger partial charge < -0.3 is 43.1 Å². The number of rotatable bonds is 5. The van der Waals surface area contributed by atoms with Gasteiger partial charge >= 0.3 is 0 Å². The van der Waals surface area contributed by atoms with Crippen molar-refractivity contribution in [3.8, 4) is 57.3 Å². The summed E-state index contributed by atoms with van der Waals surface area (Å²) < 4.78 is 37.6. The summed E-state index contributed by atoms with van der Waals surface area (Å²) >= 11 is 0. The molecule has 0 fully saturated rings. The van der Waals surface area contributed by atoms with Crippen molar-refractivity contribution in [2.24, 2.45) is 0 Å². The standard InChI is InChI=1S/C20H18O10/c1-24-10-6-8(5-9(21)15(10)25-2)14-17(26-3)12(22)11-13(23)18-20(29-7-28-18)19(27-4)16(11)30-14/h5-6,21,23H,7H2,1-4H3. The number of ether oxygens (including phenoxy) is 6. The summed E-state index contributed by atoms with van der Waals surface area (Å²) in [5.41, 5.74) is -0.480. The van der Waals surface area contributed by atoms with Gasteiger partial charge in [-0.3, -0.25) is 4.79 Å². The fraction of sp³-hybridized carbons (Fsp3) is 0.250. The maximum Gasteiger partial charge on any atom is 0.239 e. The molecule has 0 amide bonds. The van der Waals surface area contributed by atoms with Crippen LogP contribution in [0.3, 0.4) is 0 Å². The van der Waals surface area contributed by atoms with Crippen LogP contribution in [0, 0.1) is 0 Å². The predicted octanol–water partition coefficient (Wildman–Crippen LogP) is 2.63. The van der Waals surface area contributed by atoms with Gasteiger partial charge in [0.05, 0.1) is 28.4 Å². The topological polar surface area (TPSA) is 126 Å². The molecule has 1 aromatic heterocycles. The number of phenolic OH excluding ortho intramolecular Hbond substituents is 2. The third-order valence-corrected chi connectivity index (χ3v) is 4.68. The number of hydrogen-bond donors (Lipinski definition) is 2. The van der Waals surface area contributed by atoms with Gasteiger partial charge in [0.2, 0.25) is 41.0 Å². The zero-order valence-electron chi connectivity index (χ0n) is 16.5. The van der Waals surface area contributed by atoms with Crippen LogP contribution in [0.1, 0.15) is 0 Å². The fourth-order valence-electron chi connectivity index (χ4n) is 3.37.